The lowest BCUT2D eigenvalue weighted by Gasteiger charge is -2.16. The van der Waals surface area contributed by atoms with Crippen LogP contribution < -0.4 is 10.1 Å². The van der Waals surface area contributed by atoms with Crippen LogP contribution in [0.25, 0.3) is 0 Å². The Morgan fingerprint density at radius 1 is 1.41 bits per heavy atom. The lowest BCUT2D eigenvalue weighted by Crippen LogP contribution is -2.35. The van der Waals surface area contributed by atoms with Crippen molar-refractivity contribution in [3.8, 4) is 5.75 Å². The molecule has 17 heavy (non-hydrogen) atoms. The van der Waals surface area contributed by atoms with Crippen molar-refractivity contribution in [3.05, 3.63) is 29.3 Å². The summed E-state index contributed by atoms with van der Waals surface area (Å²) in [4.78, 5) is 0. The van der Waals surface area contributed by atoms with Gasteiger partial charge in [-0.3, -0.25) is 0 Å². The maximum atomic E-state index is 11.9. The largest absolute Gasteiger partial charge is 0.489 e. The van der Waals surface area contributed by atoms with Crippen LogP contribution in [-0.2, 0) is 0 Å². The summed E-state index contributed by atoms with van der Waals surface area (Å²) < 4.78 is 41.0. The van der Waals surface area contributed by atoms with Crippen LogP contribution >= 0.6 is 11.6 Å². The maximum absolute atomic E-state index is 11.9. The van der Waals surface area contributed by atoms with Crippen molar-refractivity contribution in [2.75, 3.05) is 13.1 Å². The van der Waals surface area contributed by atoms with Crippen LogP contribution in [-0.4, -0.2) is 25.4 Å². The highest BCUT2D eigenvalue weighted by molar-refractivity contribution is 6.30. The summed E-state index contributed by atoms with van der Waals surface area (Å²) in [5, 5.41) is 2.80. The van der Waals surface area contributed by atoms with Gasteiger partial charge in [-0.05, 0) is 25.1 Å². The molecule has 6 heteroatoms. The Labute approximate surface area is 103 Å². The van der Waals surface area contributed by atoms with E-state index in [2.05, 4.69) is 5.32 Å². The second-order valence-corrected chi connectivity index (χ2v) is 4.07. The van der Waals surface area contributed by atoms with Crippen LogP contribution in [0.3, 0.4) is 0 Å². The zero-order valence-corrected chi connectivity index (χ0v) is 9.98. The fourth-order valence-corrected chi connectivity index (χ4v) is 1.41. The van der Waals surface area contributed by atoms with Crippen LogP contribution in [0, 0.1) is 0 Å². The molecule has 1 aromatic carbocycles. The third-order valence-electron chi connectivity index (χ3n) is 1.89. The number of alkyl halides is 3. The standard InChI is InChI=1S/C11H13ClF3NO/c1-8(6-16-7-11(13,14)15)17-10-4-2-3-9(12)5-10/h2-5,8,16H,6-7H2,1H3. The monoisotopic (exact) mass is 267 g/mol. The minimum Gasteiger partial charge on any atom is -0.489 e. The Morgan fingerprint density at radius 3 is 2.71 bits per heavy atom. The van der Waals surface area contributed by atoms with E-state index in [4.69, 9.17) is 16.3 Å². The molecule has 96 valence electrons. The molecular weight excluding hydrogens is 255 g/mol. The van der Waals surface area contributed by atoms with Crippen molar-refractivity contribution in [3.63, 3.8) is 0 Å². The number of hydrogen-bond donors (Lipinski definition) is 1. The van der Waals surface area contributed by atoms with Crippen molar-refractivity contribution >= 4 is 11.6 Å². The minimum absolute atomic E-state index is 0.117. The molecule has 1 N–H and O–H groups in total. The van der Waals surface area contributed by atoms with Crippen molar-refractivity contribution in [1.29, 1.82) is 0 Å². The number of halogens is 4. The third-order valence-corrected chi connectivity index (χ3v) is 2.13. The van der Waals surface area contributed by atoms with E-state index >= 15 is 0 Å². The molecule has 0 radical (unpaired) electrons. The van der Waals surface area contributed by atoms with Gasteiger partial charge in [0.15, 0.2) is 0 Å². The Morgan fingerprint density at radius 2 is 2.12 bits per heavy atom. The molecule has 0 saturated heterocycles. The van der Waals surface area contributed by atoms with Gasteiger partial charge in [0.05, 0.1) is 6.54 Å². The summed E-state index contributed by atoms with van der Waals surface area (Å²) in [6.07, 6.45) is -4.56. The van der Waals surface area contributed by atoms with E-state index in [0.29, 0.717) is 10.8 Å². The van der Waals surface area contributed by atoms with E-state index in [-0.39, 0.29) is 12.6 Å². The summed E-state index contributed by atoms with van der Waals surface area (Å²) in [6, 6.07) is 6.72. The van der Waals surface area contributed by atoms with Crippen molar-refractivity contribution in [1.82, 2.24) is 5.32 Å². The Balaban J connectivity index is 2.32. The van der Waals surface area contributed by atoms with E-state index < -0.39 is 12.7 Å². The number of nitrogens with one attached hydrogen (secondary N) is 1. The number of hydrogen-bond acceptors (Lipinski definition) is 2. The smallest absolute Gasteiger partial charge is 0.401 e. The molecule has 0 bridgehead atoms. The summed E-state index contributed by atoms with van der Waals surface area (Å²) in [6.45, 7) is 0.784. The zero-order chi connectivity index (χ0) is 12.9. The number of ether oxygens (including phenoxy) is 1. The van der Waals surface area contributed by atoms with E-state index in [1.54, 1.807) is 31.2 Å². The van der Waals surface area contributed by atoms with Crippen LogP contribution in [0.4, 0.5) is 13.2 Å². The molecule has 0 spiro atoms. The third kappa shape index (κ3) is 6.38. The van der Waals surface area contributed by atoms with Crippen molar-refractivity contribution in [2.45, 2.75) is 19.2 Å². The molecule has 0 heterocycles. The summed E-state index contributed by atoms with van der Waals surface area (Å²) >= 11 is 5.75. The summed E-state index contributed by atoms with van der Waals surface area (Å²) in [7, 11) is 0. The van der Waals surface area contributed by atoms with Gasteiger partial charge in [-0.1, -0.05) is 17.7 Å². The second kappa shape index (κ2) is 6.12. The SMILES string of the molecule is CC(CNCC(F)(F)F)Oc1cccc(Cl)c1. The van der Waals surface area contributed by atoms with Gasteiger partial charge in [0.25, 0.3) is 0 Å². The first-order valence-corrected chi connectivity index (χ1v) is 5.44. The molecule has 1 unspecified atom stereocenters. The molecule has 1 atom stereocenters. The average molecular weight is 268 g/mol. The molecule has 0 aliphatic carbocycles. The number of benzene rings is 1. The Kier molecular flexibility index (Phi) is 5.08. The quantitative estimate of drug-likeness (QED) is 0.884. The van der Waals surface area contributed by atoms with Crippen LogP contribution in [0.1, 0.15) is 6.92 Å². The van der Waals surface area contributed by atoms with Gasteiger partial charge in [-0.2, -0.15) is 13.2 Å². The summed E-state index contributed by atoms with van der Waals surface area (Å²) in [5.74, 6) is 0.541. The van der Waals surface area contributed by atoms with Gasteiger partial charge >= 0.3 is 6.18 Å². The van der Waals surface area contributed by atoms with Gasteiger partial charge in [-0.15, -0.1) is 0 Å². The van der Waals surface area contributed by atoms with Crippen LogP contribution in [0.5, 0.6) is 5.75 Å². The normalized spacial score (nSPS) is 13.5. The van der Waals surface area contributed by atoms with Gasteiger partial charge < -0.3 is 10.1 Å². The van der Waals surface area contributed by atoms with Crippen LogP contribution in [0.2, 0.25) is 5.02 Å². The van der Waals surface area contributed by atoms with Gasteiger partial charge in [0, 0.05) is 11.6 Å². The van der Waals surface area contributed by atoms with Gasteiger partial charge in [-0.25, -0.2) is 0 Å². The maximum Gasteiger partial charge on any atom is 0.401 e. The van der Waals surface area contributed by atoms with E-state index in [1.165, 1.54) is 0 Å². The zero-order valence-electron chi connectivity index (χ0n) is 9.22. The predicted octanol–water partition coefficient (Wildman–Crippen LogP) is 3.26. The van der Waals surface area contributed by atoms with E-state index in [1.807, 2.05) is 0 Å². The summed E-state index contributed by atoms with van der Waals surface area (Å²) in [5.41, 5.74) is 0. The van der Waals surface area contributed by atoms with Gasteiger partial charge in [0.1, 0.15) is 11.9 Å². The molecule has 0 amide bonds. The molecule has 0 aliphatic rings. The first-order chi connectivity index (χ1) is 7.87. The lowest BCUT2D eigenvalue weighted by atomic mass is 10.3. The second-order valence-electron chi connectivity index (χ2n) is 3.63. The Hall–Kier alpha value is -0.940. The van der Waals surface area contributed by atoms with Crippen molar-refractivity contribution in [2.24, 2.45) is 0 Å². The highest BCUT2D eigenvalue weighted by atomic mass is 35.5. The first-order valence-electron chi connectivity index (χ1n) is 5.06. The van der Waals surface area contributed by atoms with E-state index in [9.17, 15) is 13.2 Å². The van der Waals surface area contributed by atoms with Crippen molar-refractivity contribution < 1.29 is 17.9 Å². The number of rotatable bonds is 5. The lowest BCUT2D eigenvalue weighted by molar-refractivity contribution is -0.125. The molecule has 2 nitrogen and oxygen atoms in total. The topological polar surface area (TPSA) is 21.3 Å². The highest BCUT2D eigenvalue weighted by Crippen LogP contribution is 2.18. The van der Waals surface area contributed by atoms with Gasteiger partial charge in [0.2, 0.25) is 0 Å². The predicted molar refractivity (Wildman–Crippen MR) is 60.5 cm³/mol. The highest BCUT2D eigenvalue weighted by Gasteiger charge is 2.26. The molecule has 1 aromatic rings. The van der Waals surface area contributed by atoms with Crippen LogP contribution in [0.15, 0.2) is 24.3 Å². The fraction of sp³-hybridized carbons (Fsp3) is 0.455. The molecule has 0 fully saturated rings. The fourth-order valence-electron chi connectivity index (χ4n) is 1.23. The molecule has 0 aliphatic heterocycles. The average Bonchev–Trinajstić information content (AvgIpc) is 2.15. The molecule has 0 aromatic heterocycles. The minimum atomic E-state index is -4.20. The molecule has 1 rings (SSSR count). The molecule has 0 saturated carbocycles. The molecular formula is C11H13ClF3NO. The first kappa shape index (κ1) is 14.1. The van der Waals surface area contributed by atoms with E-state index in [0.717, 1.165) is 0 Å². The Bertz CT molecular complexity index is 357.